The van der Waals surface area contributed by atoms with E-state index in [1.165, 1.54) is 6.07 Å². The normalized spacial score (nSPS) is 26.9. The second-order valence-electron chi connectivity index (χ2n) is 5.60. The predicted molar refractivity (Wildman–Crippen MR) is 74.3 cm³/mol. The second-order valence-corrected chi connectivity index (χ2v) is 5.60. The van der Waals surface area contributed by atoms with Crippen molar-refractivity contribution in [3.8, 4) is 11.8 Å². The van der Waals surface area contributed by atoms with Crippen molar-refractivity contribution in [2.45, 2.75) is 18.9 Å². The van der Waals surface area contributed by atoms with Crippen molar-refractivity contribution >= 4 is 5.91 Å². The van der Waals surface area contributed by atoms with Crippen LogP contribution in [0.5, 0.6) is 0 Å². The van der Waals surface area contributed by atoms with Gasteiger partial charge < -0.3 is 10.2 Å². The van der Waals surface area contributed by atoms with Crippen LogP contribution in [0.2, 0.25) is 0 Å². The zero-order valence-electron chi connectivity index (χ0n) is 11.5. The van der Waals surface area contributed by atoms with Gasteiger partial charge in [0.25, 0.3) is 5.91 Å². The fraction of sp³-hybridized carbons (Fsp3) is 0.438. The molecule has 1 unspecified atom stereocenters. The number of hydrogen-bond donors (Lipinski definition) is 1. The molecule has 0 saturated carbocycles. The molecule has 1 N–H and O–H groups in total. The molecule has 21 heavy (non-hydrogen) atoms. The van der Waals surface area contributed by atoms with Crippen LogP contribution in [-0.4, -0.2) is 36.5 Å². The maximum Gasteiger partial charge on any atom is 0.296 e. The molecule has 1 aromatic rings. The molecule has 4 rings (SSSR count). The van der Waals surface area contributed by atoms with Crippen molar-refractivity contribution in [3.05, 3.63) is 35.4 Å². The zero-order chi connectivity index (χ0) is 14.8. The fourth-order valence-electron chi connectivity index (χ4n) is 3.04. The van der Waals surface area contributed by atoms with Gasteiger partial charge >= 0.3 is 0 Å². The number of amides is 1. The quantitative estimate of drug-likeness (QED) is 0.796. The fourth-order valence-corrected chi connectivity index (χ4v) is 3.04. The topological polar surface area (TPSA) is 32.3 Å². The minimum Gasteiger partial charge on any atom is -0.341 e. The standard InChI is InChI=1S/C16H16F2N2O/c17-13-3-1-11(9-14(13)18)2-4-16(21)19-15-10-20-7-5-12(15)6-8-20/h1,3,9,12,15H,5-8,10H2,(H,19,21). The highest BCUT2D eigenvalue weighted by Crippen LogP contribution is 2.27. The third-order valence-corrected chi connectivity index (χ3v) is 4.21. The Kier molecular flexibility index (Phi) is 3.89. The Morgan fingerprint density at radius 3 is 2.62 bits per heavy atom. The number of rotatable bonds is 1. The summed E-state index contributed by atoms with van der Waals surface area (Å²) in [6, 6.07) is 3.50. The molecule has 110 valence electrons. The summed E-state index contributed by atoms with van der Waals surface area (Å²) in [5.41, 5.74) is 0.290. The summed E-state index contributed by atoms with van der Waals surface area (Å²) >= 11 is 0. The molecule has 0 radical (unpaired) electrons. The van der Waals surface area contributed by atoms with Crippen molar-refractivity contribution in [2.75, 3.05) is 19.6 Å². The number of nitrogens with zero attached hydrogens (tertiary/aromatic N) is 1. The first-order valence-electron chi connectivity index (χ1n) is 7.12. The number of carbonyl (C=O) groups excluding carboxylic acids is 1. The lowest BCUT2D eigenvalue weighted by molar-refractivity contribution is -0.117. The van der Waals surface area contributed by atoms with Crippen molar-refractivity contribution in [1.29, 1.82) is 0 Å². The molecule has 3 fully saturated rings. The number of halogens is 2. The molecule has 2 bridgehead atoms. The van der Waals surface area contributed by atoms with Gasteiger partial charge in [-0.25, -0.2) is 8.78 Å². The maximum absolute atomic E-state index is 13.0. The number of fused-ring (bicyclic) bond motifs is 3. The summed E-state index contributed by atoms with van der Waals surface area (Å²) in [5, 5.41) is 2.92. The Hall–Kier alpha value is -1.93. The molecule has 5 heteroatoms. The smallest absolute Gasteiger partial charge is 0.296 e. The summed E-state index contributed by atoms with van der Waals surface area (Å²) in [5.74, 6) is 3.30. The van der Waals surface area contributed by atoms with E-state index < -0.39 is 11.6 Å². The minimum atomic E-state index is -0.959. The van der Waals surface area contributed by atoms with Crippen LogP contribution in [0.25, 0.3) is 0 Å². The number of piperidine rings is 3. The van der Waals surface area contributed by atoms with Gasteiger partial charge in [-0.2, -0.15) is 0 Å². The molecule has 1 amide bonds. The van der Waals surface area contributed by atoms with Gasteiger partial charge in [0.05, 0.1) is 0 Å². The van der Waals surface area contributed by atoms with Crippen molar-refractivity contribution < 1.29 is 13.6 Å². The van der Waals surface area contributed by atoms with Crippen molar-refractivity contribution in [1.82, 2.24) is 10.2 Å². The molecule has 3 aliphatic heterocycles. The molecular formula is C16H16F2N2O. The van der Waals surface area contributed by atoms with Gasteiger partial charge in [0, 0.05) is 24.1 Å². The number of carbonyl (C=O) groups is 1. The molecular weight excluding hydrogens is 274 g/mol. The molecule has 3 heterocycles. The summed E-state index contributed by atoms with van der Waals surface area (Å²) in [6.45, 7) is 3.10. The van der Waals surface area contributed by atoms with Crippen LogP contribution < -0.4 is 5.32 Å². The van der Waals surface area contributed by atoms with Crippen LogP contribution in [0, 0.1) is 29.4 Å². The summed E-state index contributed by atoms with van der Waals surface area (Å²) in [7, 11) is 0. The largest absolute Gasteiger partial charge is 0.341 e. The molecule has 0 aromatic heterocycles. The van der Waals surface area contributed by atoms with Gasteiger partial charge in [0.2, 0.25) is 0 Å². The van der Waals surface area contributed by atoms with E-state index in [1.54, 1.807) is 0 Å². The van der Waals surface area contributed by atoms with Gasteiger partial charge in [0.15, 0.2) is 11.6 Å². The van der Waals surface area contributed by atoms with Crippen LogP contribution in [0.3, 0.4) is 0 Å². The third-order valence-electron chi connectivity index (χ3n) is 4.21. The molecule has 1 aromatic carbocycles. The zero-order valence-corrected chi connectivity index (χ0v) is 11.5. The van der Waals surface area contributed by atoms with E-state index in [-0.39, 0.29) is 17.5 Å². The summed E-state index contributed by atoms with van der Waals surface area (Å²) < 4.78 is 25.8. The van der Waals surface area contributed by atoms with E-state index >= 15 is 0 Å². The summed E-state index contributed by atoms with van der Waals surface area (Å²) in [6.07, 6.45) is 2.23. The molecule has 3 aliphatic rings. The Morgan fingerprint density at radius 2 is 2.00 bits per heavy atom. The van der Waals surface area contributed by atoms with Crippen LogP contribution in [-0.2, 0) is 4.79 Å². The average molecular weight is 290 g/mol. The van der Waals surface area contributed by atoms with Gasteiger partial charge in [0.1, 0.15) is 0 Å². The highest BCUT2D eigenvalue weighted by molar-refractivity contribution is 5.94. The molecule has 1 atom stereocenters. The Balaban J connectivity index is 1.62. The Bertz CT molecular complexity index is 612. The van der Waals surface area contributed by atoms with Gasteiger partial charge in [-0.3, -0.25) is 4.79 Å². The lowest BCUT2D eigenvalue weighted by Gasteiger charge is -2.44. The highest BCUT2D eigenvalue weighted by atomic mass is 19.2. The van der Waals surface area contributed by atoms with Crippen molar-refractivity contribution in [2.24, 2.45) is 5.92 Å². The molecule has 3 nitrogen and oxygen atoms in total. The highest BCUT2D eigenvalue weighted by Gasteiger charge is 2.34. The minimum absolute atomic E-state index is 0.152. The SMILES string of the molecule is O=C(C#Cc1ccc(F)c(F)c1)NC1CN2CCC1CC2. The van der Waals surface area contributed by atoms with Gasteiger partial charge in [-0.15, -0.1) is 0 Å². The van der Waals surface area contributed by atoms with E-state index in [0.29, 0.717) is 5.92 Å². The van der Waals surface area contributed by atoms with Crippen LogP contribution in [0.15, 0.2) is 18.2 Å². The van der Waals surface area contributed by atoms with Crippen LogP contribution in [0.4, 0.5) is 8.78 Å². The lowest BCUT2D eigenvalue weighted by Crippen LogP contribution is -2.57. The molecule has 0 aliphatic carbocycles. The first kappa shape index (κ1) is 14.0. The maximum atomic E-state index is 13.0. The predicted octanol–water partition coefficient (Wildman–Crippen LogP) is 1.53. The number of benzene rings is 1. The van der Waals surface area contributed by atoms with Crippen LogP contribution in [0.1, 0.15) is 18.4 Å². The Labute approximate surface area is 122 Å². The van der Waals surface area contributed by atoms with E-state index in [1.807, 2.05) is 0 Å². The average Bonchev–Trinajstić information content (AvgIpc) is 2.50. The molecule has 0 spiro atoms. The van der Waals surface area contributed by atoms with E-state index in [9.17, 15) is 13.6 Å². The lowest BCUT2D eigenvalue weighted by atomic mass is 9.84. The van der Waals surface area contributed by atoms with Crippen molar-refractivity contribution in [3.63, 3.8) is 0 Å². The van der Waals surface area contributed by atoms with Gasteiger partial charge in [-0.1, -0.05) is 5.92 Å². The second kappa shape index (κ2) is 5.82. The first-order chi connectivity index (χ1) is 10.1. The third kappa shape index (κ3) is 3.22. The van der Waals surface area contributed by atoms with E-state index in [4.69, 9.17) is 0 Å². The molecule has 3 saturated heterocycles. The van der Waals surface area contributed by atoms with E-state index in [2.05, 4.69) is 22.1 Å². The van der Waals surface area contributed by atoms with E-state index in [0.717, 1.165) is 44.6 Å². The first-order valence-corrected chi connectivity index (χ1v) is 7.12. The monoisotopic (exact) mass is 290 g/mol. The van der Waals surface area contributed by atoms with Crippen LogP contribution >= 0.6 is 0 Å². The Morgan fingerprint density at radius 1 is 1.24 bits per heavy atom. The number of nitrogens with one attached hydrogen (secondary N) is 1. The number of hydrogen-bond acceptors (Lipinski definition) is 2. The summed E-state index contributed by atoms with van der Waals surface area (Å²) in [4.78, 5) is 14.2. The van der Waals surface area contributed by atoms with Gasteiger partial charge in [-0.05, 0) is 50.0 Å².